The molecule has 4 rings (SSSR count). The molecule has 2 saturated carbocycles. The van der Waals surface area contributed by atoms with Gasteiger partial charge in [-0.3, -0.25) is 5.10 Å². The number of H-pyrrole nitrogens is 1. The number of hydrogen-bond acceptors (Lipinski definition) is 7. The van der Waals surface area contributed by atoms with Crippen LogP contribution in [-0.4, -0.2) is 39.6 Å². The molecule has 0 saturated heterocycles. The van der Waals surface area contributed by atoms with Crippen LogP contribution in [0.1, 0.15) is 61.9 Å². The Morgan fingerprint density at radius 3 is 2.81 bits per heavy atom. The largest absolute Gasteiger partial charge is 0.323 e. The molecule has 2 atom stereocenters. The van der Waals surface area contributed by atoms with E-state index in [0.29, 0.717) is 36.2 Å². The Morgan fingerprint density at radius 2 is 2.11 bits per heavy atom. The number of sulfone groups is 1. The Morgan fingerprint density at radius 1 is 1.30 bits per heavy atom. The Hall–Kier alpha value is -2.47. The van der Waals surface area contributed by atoms with Crippen molar-refractivity contribution in [1.82, 2.24) is 20.2 Å². The summed E-state index contributed by atoms with van der Waals surface area (Å²) < 4.78 is 23.1. The van der Waals surface area contributed by atoms with Gasteiger partial charge < -0.3 is 5.32 Å². The van der Waals surface area contributed by atoms with Crippen LogP contribution in [0.25, 0.3) is 0 Å². The molecule has 2 unspecified atom stereocenters. The van der Waals surface area contributed by atoms with Gasteiger partial charge in [-0.15, -0.1) is 0 Å². The fourth-order valence-electron chi connectivity index (χ4n) is 3.75. The summed E-state index contributed by atoms with van der Waals surface area (Å²) in [6.45, 7) is 0. The number of aromatic amines is 1. The van der Waals surface area contributed by atoms with Gasteiger partial charge in [0.25, 0.3) is 0 Å². The molecule has 2 fully saturated rings. The normalized spacial score (nSPS) is 25.7. The fraction of sp³-hybridized carbons (Fsp3) is 0.556. The number of rotatable bonds is 5. The molecule has 8 nitrogen and oxygen atoms in total. The molecule has 2 heterocycles. The minimum Gasteiger partial charge on any atom is -0.323 e. The Balaban J connectivity index is 1.53. The summed E-state index contributed by atoms with van der Waals surface area (Å²) in [5.74, 6) is 2.32. The van der Waals surface area contributed by atoms with Gasteiger partial charge in [0.2, 0.25) is 0 Å². The van der Waals surface area contributed by atoms with Crippen LogP contribution in [0.5, 0.6) is 0 Å². The quantitative estimate of drug-likeness (QED) is 0.809. The minimum absolute atomic E-state index is 0.156. The van der Waals surface area contributed by atoms with Crippen LogP contribution in [0.15, 0.2) is 18.3 Å². The number of nitrogens with zero attached hydrogens (tertiary/aromatic N) is 4. The van der Waals surface area contributed by atoms with Gasteiger partial charge in [-0.2, -0.15) is 10.4 Å². The van der Waals surface area contributed by atoms with Crippen LogP contribution in [0.3, 0.4) is 0 Å². The molecule has 0 spiro atoms. The monoisotopic (exact) mass is 386 g/mol. The highest BCUT2D eigenvalue weighted by Gasteiger charge is 2.46. The Kier molecular flexibility index (Phi) is 4.38. The highest BCUT2D eigenvalue weighted by atomic mass is 32.2. The molecule has 9 heteroatoms. The number of hydrogen-bond donors (Lipinski definition) is 2. The average molecular weight is 386 g/mol. The topological polar surface area (TPSA) is 124 Å². The van der Waals surface area contributed by atoms with Gasteiger partial charge in [0, 0.05) is 36.0 Å². The fourth-order valence-corrected chi connectivity index (χ4v) is 4.94. The van der Waals surface area contributed by atoms with E-state index < -0.39 is 14.6 Å². The van der Waals surface area contributed by atoms with E-state index in [2.05, 4.69) is 31.6 Å². The van der Waals surface area contributed by atoms with Crippen LogP contribution in [0.2, 0.25) is 0 Å². The third-order valence-corrected chi connectivity index (χ3v) is 7.41. The minimum atomic E-state index is -3.48. The maximum atomic E-state index is 12.2. The standard InChI is InChI=1S/C18H22N6O2S/c1-27(25,26)18(11-19)7-2-3-13(10-18)17-20-8-6-15(22-17)21-16-9-14(23-24-16)12-4-5-12/h6,8-9,12-13H,2-5,7,10H2,1H3,(H2,20,21,22,23,24). The summed E-state index contributed by atoms with van der Waals surface area (Å²) in [4.78, 5) is 8.91. The van der Waals surface area contributed by atoms with Crippen molar-refractivity contribution in [3.8, 4) is 6.07 Å². The van der Waals surface area contributed by atoms with Crippen molar-refractivity contribution in [1.29, 1.82) is 5.26 Å². The first-order valence-corrected chi connectivity index (χ1v) is 11.1. The van der Waals surface area contributed by atoms with E-state index >= 15 is 0 Å². The van der Waals surface area contributed by atoms with Crippen molar-refractivity contribution in [2.24, 2.45) is 0 Å². The lowest BCUT2D eigenvalue weighted by Crippen LogP contribution is -2.41. The summed E-state index contributed by atoms with van der Waals surface area (Å²) in [7, 11) is -3.48. The van der Waals surface area contributed by atoms with Gasteiger partial charge in [0.1, 0.15) is 11.6 Å². The van der Waals surface area contributed by atoms with E-state index in [9.17, 15) is 13.7 Å². The van der Waals surface area contributed by atoms with Crippen LogP contribution in [0.4, 0.5) is 11.6 Å². The molecule has 2 aliphatic carbocycles. The molecule has 0 amide bonds. The molecule has 142 valence electrons. The van der Waals surface area contributed by atoms with Gasteiger partial charge in [-0.05, 0) is 38.2 Å². The molecular formula is C18H22N6O2S. The second kappa shape index (κ2) is 6.60. The van der Waals surface area contributed by atoms with E-state index in [4.69, 9.17) is 0 Å². The summed E-state index contributed by atoms with van der Waals surface area (Å²) in [5.41, 5.74) is 1.13. The molecule has 0 aromatic carbocycles. The van der Waals surface area contributed by atoms with Gasteiger partial charge in [0.05, 0.1) is 6.07 Å². The lowest BCUT2D eigenvalue weighted by Gasteiger charge is -2.33. The van der Waals surface area contributed by atoms with E-state index in [-0.39, 0.29) is 12.3 Å². The molecule has 2 aromatic rings. The maximum Gasteiger partial charge on any atom is 0.166 e. The number of aromatic nitrogens is 4. The molecule has 2 N–H and O–H groups in total. The molecule has 2 aliphatic rings. The average Bonchev–Trinajstić information content (AvgIpc) is 3.41. The van der Waals surface area contributed by atoms with Gasteiger partial charge in [-0.1, -0.05) is 6.42 Å². The lowest BCUT2D eigenvalue weighted by atomic mass is 9.81. The Bertz CT molecular complexity index is 991. The van der Waals surface area contributed by atoms with Crippen molar-refractivity contribution in [3.05, 3.63) is 29.8 Å². The first-order valence-electron chi connectivity index (χ1n) is 9.16. The number of nitrogens with one attached hydrogen (secondary N) is 2. The van der Waals surface area contributed by atoms with Crippen LogP contribution >= 0.6 is 0 Å². The summed E-state index contributed by atoms with van der Waals surface area (Å²) in [6.07, 6.45) is 7.24. The third-order valence-electron chi connectivity index (χ3n) is 5.53. The second-order valence-electron chi connectivity index (χ2n) is 7.58. The Labute approximate surface area is 158 Å². The van der Waals surface area contributed by atoms with Crippen LogP contribution < -0.4 is 5.32 Å². The summed E-state index contributed by atoms with van der Waals surface area (Å²) in [5, 5.41) is 20.0. The van der Waals surface area contributed by atoms with Gasteiger partial charge in [0.15, 0.2) is 20.4 Å². The molecule has 0 bridgehead atoms. The highest BCUT2D eigenvalue weighted by molar-refractivity contribution is 7.92. The predicted octanol–water partition coefficient (Wildman–Crippen LogP) is 2.79. The number of nitriles is 1. The second-order valence-corrected chi connectivity index (χ2v) is 9.91. The van der Waals surface area contributed by atoms with E-state index in [1.54, 1.807) is 12.3 Å². The molecule has 0 radical (unpaired) electrons. The molecule has 0 aliphatic heterocycles. The maximum absolute atomic E-state index is 12.2. The smallest absolute Gasteiger partial charge is 0.166 e. The number of anilines is 2. The zero-order valence-corrected chi connectivity index (χ0v) is 16.0. The van der Waals surface area contributed by atoms with E-state index in [0.717, 1.165) is 18.4 Å². The van der Waals surface area contributed by atoms with Crippen LogP contribution in [0, 0.1) is 11.3 Å². The first-order chi connectivity index (χ1) is 12.9. The molecule has 2 aromatic heterocycles. The summed E-state index contributed by atoms with van der Waals surface area (Å²) >= 11 is 0. The van der Waals surface area contributed by atoms with Gasteiger partial charge in [-0.25, -0.2) is 18.4 Å². The zero-order valence-electron chi connectivity index (χ0n) is 15.1. The third kappa shape index (κ3) is 3.54. The van der Waals surface area contributed by atoms with Crippen molar-refractivity contribution in [3.63, 3.8) is 0 Å². The zero-order chi connectivity index (χ0) is 19.1. The van der Waals surface area contributed by atoms with Crippen molar-refractivity contribution < 1.29 is 8.42 Å². The predicted molar refractivity (Wildman–Crippen MR) is 100 cm³/mol. The highest BCUT2D eigenvalue weighted by Crippen LogP contribution is 2.42. The van der Waals surface area contributed by atoms with Crippen molar-refractivity contribution in [2.75, 3.05) is 11.6 Å². The molecular weight excluding hydrogens is 364 g/mol. The summed E-state index contributed by atoms with van der Waals surface area (Å²) in [6, 6.07) is 5.80. The van der Waals surface area contributed by atoms with E-state index in [1.807, 2.05) is 6.07 Å². The lowest BCUT2D eigenvalue weighted by molar-refractivity contribution is 0.378. The van der Waals surface area contributed by atoms with Crippen LogP contribution in [-0.2, 0) is 9.84 Å². The van der Waals surface area contributed by atoms with Crippen molar-refractivity contribution >= 4 is 21.5 Å². The van der Waals surface area contributed by atoms with Crippen molar-refractivity contribution in [2.45, 2.75) is 55.1 Å². The van der Waals surface area contributed by atoms with Gasteiger partial charge >= 0.3 is 0 Å². The SMILES string of the molecule is CS(=O)(=O)C1(C#N)CCCC(c2nccc(Nc3cc(C4CC4)[nH]n3)n2)C1. The van der Waals surface area contributed by atoms with E-state index in [1.165, 1.54) is 12.8 Å². The molecule has 27 heavy (non-hydrogen) atoms. The first kappa shape index (κ1) is 17.9.